The Bertz CT molecular complexity index is 426. The first-order valence-corrected chi connectivity index (χ1v) is 7.92. The lowest BCUT2D eigenvalue weighted by molar-refractivity contribution is -0.142. The fourth-order valence-corrected chi connectivity index (χ4v) is 3.70. The van der Waals surface area contributed by atoms with Crippen molar-refractivity contribution >= 4 is 16.0 Å². The number of rotatable bonds is 5. The first kappa shape index (κ1) is 16.4. The Labute approximate surface area is 114 Å². The van der Waals surface area contributed by atoms with Crippen LogP contribution in [0.15, 0.2) is 0 Å². The zero-order chi connectivity index (χ0) is 14.8. The van der Waals surface area contributed by atoms with E-state index in [4.69, 9.17) is 9.84 Å². The minimum Gasteiger partial charge on any atom is -0.481 e. The molecule has 1 aliphatic rings. The molecule has 1 saturated heterocycles. The van der Waals surface area contributed by atoms with Crippen LogP contribution in [-0.4, -0.2) is 55.9 Å². The molecule has 1 rings (SSSR count). The minimum atomic E-state index is -3.45. The summed E-state index contributed by atoms with van der Waals surface area (Å²) in [5.41, 5.74) is -0.0771. The maximum atomic E-state index is 12.2. The molecule has 0 aromatic rings. The van der Waals surface area contributed by atoms with Gasteiger partial charge in [0.2, 0.25) is 10.0 Å². The largest absolute Gasteiger partial charge is 0.481 e. The predicted octanol–water partition coefficient (Wildman–Crippen LogP) is 0.784. The van der Waals surface area contributed by atoms with Crippen LogP contribution in [0.2, 0.25) is 0 Å². The molecule has 0 aliphatic carbocycles. The molecule has 2 unspecified atom stereocenters. The van der Waals surface area contributed by atoms with Crippen molar-refractivity contribution in [3.63, 3.8) is 0 Å². The predicted molar refractivity (Wildman–Crippen MR) is 71.4 cm³/mol. The third-order valence-electron chi connectivity index (χ3n) is 3.38. The number of aliphatic carboxylic acids is 1. The van der Waals surface area contributed by atoms with Crippen LogP contribution in [-0.2, 0) is 19.6 Å². The lowest BCUT2D eigenvalue weighted by Gasteiger charge is -2.27. The zero-order valence-corrected chi connectivity index (χ0v) is 12.7. The topological polar surface area (TPSA) is 83.9 Å². The van der Waals surface area contributed by atoms with Gasteiger partial charge in [0, 0.05) is 7.05 Å². The van der Waals surface area contributed by atoms with Gasteiger partial charge >= 0.3 is 5.97 Å². The van der Waals surface area contributed by atoms with Gasteiger partial charge in [-0.15, -0.1) is 0 Å². The number of hydrogen-bond donors (Lipinski definition) is 1. The maximum Gasteiger partial charge on any atom is 0.310 e. The van der Waals surface area contributed by atoms with Crippen LogP contribution in [0.5, 0.6) is 0 Å². The average molecular weight is 293 g/mol. The van der Waals surface area contributed by atoms with Crippen molar-refractivity contribution < 1.29 is 23.1 Å². The number of likely N-dealkylation sites (N-methyl/N-ethyl adjacent to an activating group) is 1. The van der Waals surface area contributed by atoms with Gasteiger partial charge in [-0.2, -0.15) is 4.31 Å². The highest BCUT2D eigenvalue weighted by Crippen LogP contribution is 2.24. The third-order valence-corrected chi connectivity index (χ3v) is 5.25. The summed E-state index contributed by atoms with van der Waals surface area (Å²) in [5.74, 6) is -1.77. The van der Waals surface area contributed by atoms with Gasteiger partial charge in [-0.3, -0.25) is 4.79 Å². The Morgan fingerprint density at radius 3 is 2.42 bits per heavy atom. The van der Waals surface area contributed by atoms with Crippen LogP contribution in [0, 0.1) is 11.3 Å². The number of carbonyl (C=O) groups is 1. The fourth-order valence-electron chi connectivity index (χ4n) is 1.92. The van der Waals surface area contributed by atoms with Crippen molar-refractivity contribution in [3.05, 3.63) is 0 Å². The van der Waals surface area contributed by atoms with Gasteiger partial charge in [-0.25, -0.2) is 8.42 Å². The van der Waals surface area contributed by atoms with Crippen LogP contribution in [0.1, 0.15) is 27.2 Å². The van der Waals surface area contributed by atoms with E-state index in [-0.39, 0.29) is 24.4 Å². The van der Waals surface area contributed by atoms with Crippen LogP contribution < -0.4 is 0 Å². The second kappa shape index (κ2) is 5.76. The van der Waals surface area contributed by atoms with Crippen molar-refractivity contribution in [2.45, 2.75) is 33.2 Å². The van der Waals surface area contributed by atoms with E-state index in [1.54, 1.807) is 0 Å². The molecule has 112 valence electrons. The Kier molecular flexibility index (Phi) is 4.97. The van der Waals surface area contributed by atoms with Crippen LogP contribution >= 0.6 is 0 Å². The molecule has 1 aliphatic heterocycles. The summed E-state index contributed by atoms with van der Waals surface area (Å²) >= 11 is 0. The lowest BCUT2D eigenvalue weighted by atomic mass is 9.94. The summed E-state index contributed by atoms with van der Waals surface area (Å²) in [4.78, 5) is 11.1. The van der Waals surface area contributed by atoms with Gasteiger partial charge in [0.1, 0.15) is 0 Å². The quantitative estimate of drug-likeness (QED) is 0.810. The SMILES string of the molecule is CN(C1COCC1C(=O)O)S(=O)(=O)CCC(C)(C)C. The van der Waals surface area contributed by atoms with Gasteiger partial charge in [0.15, 0.2) is 0 Å². The van der Waals surface area contributed by atoms with Crippen molar-refractivity contribution in [1.82, 2.24) is 4.31 Å². The number of nitrogens with zero attached hydrogens (tertiary/aromatic N) is 1. The van der Waals surface area contributed by atoms with Crippen LogP contribution in [0.3, 0.4) is 0 Å². The average Bonchev–Trinajstić information content (AvgIpc) is 2.73. The molecule has 1 fully saturated rings. The second-order valence-corrected chi connectivity index (χ2v) is 8.34. The van der Waals surface area contributed by atoms with E-state index >= 15 is 0 Å². The Balaban J connectivity index is 2.75. The van der Waals surface area contributed by atoms with E-state index in [0.717, 1.165) is 0 Å². The van der Waals surface area contributed by atoms with Crippen LogP contribution in [0.25, 0.3) is 0 Å². The molecule has 0 radical (unpaired) electrons. The molecular weight excluding hydrogens is 270 g/mol. The first-order valence-electron chi connectivity index (χ1n) is 6.31. The van der Waals surface area contributed by atoms with E-state index in [1.165, 1.54) is 11.4 Å². The summed E-state index contributed by atoms with van der Waals surface area (Å²) in [5, 5.41) is 9.06. The highest BCUT2D eigenvalue weighted by Gasteiger charge is 2.40. The smallest absolute Gasteiger partial charge is 0.310 e. The highest BCUT2D eigenvalue weighted by molar-refractivity contribution is 7.89. The Morgan fingerprint density at radius 1 is 1.37 bits per heavy atom. The van der Waals surface area contributed by atoms with E-state index in [0.29, 0.717) is 6.42 Å². The molecule has 0 aromatic carbocycles. The van der Waals surface area contributed by atoms with Crippen molar-refractivity contribution in [2.24, 2.45) is 11.3 Å². The maximum absolute atomic E-state index is 12.2. The number of ether oxygens (including phenoxy) is 1. The molecule has 1 heterocycles. The van der Waals surface area contributed by atoms with Crippen molar-refractivity contribution in [2.75, 3.05) is 26.0 Å². The molecule has 0 bridgehead atoms. The normalized spacial score (nSPS) is 24.9. The van der Waals surface area contributed by atoms with E-state index in [1.807, 2.05) is 20.8 Å². The summed E-state index contributed by atoms with van der Waals surface area (Å²) in [6, 6.07) is -0.609. The number of carboxylic acid groups (broad SMARTS) is 1. The zero-order valence-electron chi connectivity index (χ0n) is 11.9. The fraction of sp³-hybridized carbons (Fsp3) is 0.917. The van der Waals surface area contributed by atoms with Crippen LogP contribution in [0.4, 0.5) is 0 Å². The van der Waals surface area contributed by atoms with Gasteiger partial charge in [0.25, 0.3) is 0 Å². The molecular formula is C12H23NO5S. The van der Waals surface area contributed by atoms with Gasteiger partial charge < -0.3 is 9.84 Å². The van der Waals surface area contributed by atoms with Crippen molar-refractivity contribution in [1.29, 1.82) is 0 Å². The monoisotopic (exact) mass is 293 g/mol. The highest BCUT2D eigenvalue weighted by atomic mass is 32.2. The Hall–Kier alpha value is -0.660. The standard InChI is InChI=1S/C12H23NO5S/c1-12(2,3)5-6-19(16,17)13(4)10-8-18-7-9(10)11(14)15/h9-10H,5-8H2,1-4H3,(H,14,15). The third kappa shape index (κ3) is 4.43. The molecule has 1 N–H and O–H groups in total. The summed E-state index contributed by atoms with van der Waals surface area (Å²) in [6.07, 6.45) is 0.533. The molecule has 7 heteroatoms. The molecule has 19 heavy (non-hydrogen) atoms. The molecule has 0 aromatic heterocycles. The molecule has 6 nitrogen and oxygen atoms in total. The summed E-state index contributed by atoms with van der Waals surface area (Å²) in [7, 11) is -2.02. The second-order valence-electron chi connectivity index (χ2n) is 6.19. The number of hydrogen-bond acceptors (Lipinski definition) is 4. The van der Waals surface area contributed by atoms with Gasteiger partial charge in [-0.05, 0) is 11.8 Å². The number of carboxylic acids is 1. The molecule has 0 saturated carbocycles. The van der Waals surface area contributed by atoms with Gasteiger partial charge in [-0.1, -0.05) is 20.8 Å². The first-order chi connectivity index (χ1) is 8.54. The molecule has 0 amide bonds. The Morgan fingerprint density at radius 2 is 1.95 bits per heavy atom. The minimum absolute atomic E-state index is 0.0236. The van der Waals surface area contributed by atoms with E-state index < -0.39 is 28.0 Å². The lowest BCUT2D eigenvalue weighted by Crippen LogP contribution is -2.45. The van der Waals surface area contributed by atoms with E-state index in [9.17, 15) is 13.2 Å². The molecule has 0 spiro atoms. The molecule has 2 atom stereocenters. The van der Waals surface area contributed by atoms with Gasteiger partial charge in [0.05, 0.1) is 30.9 Å². The summed E-state index contributed by atoms with van der Waals surface area (Å²) < 4.78 is 30.7. The van der Waals surface area contributed by atoms with E-state index in [2.05, 4.69) is 0 Å². The van der Waals surface area contributed by atoms with Crippen molar-refractivity contribution in [3.8, 4) is 0 Å². The summed E-state index contributed by atoms with van der Waals surface area (Å²) in [6.45, 7) is 6.13. The number of sulfonamides is 1.